The summed E-state index contributed by atoms with van der Waals surface area (Å²) in [7, 11) is 1.72. The molecule has 8 nitrogen and oxygen atoms in total. The summed E-state index contributed by atoms with van der Waals surface area (Å²) in [6.07, 6.45) is 1.42. The molecule has 8 heteroatoms. The van der Waals surface area contributed by atoms with Gasteiger partial charge in [-0.2, -0.15) is 10.4 Å². The molecule has 3 aromatic rings. The number of aromatic nitrogens is 2. The summed E-state index contributed by atoms with van der Waals surface area (Å²) < 4.78 is 7.14. The van der Waals surface area contributed by atoms with E-state index in [1.165, 1.54) is 0 Å². The number of nitrogens with zero attached hydrogens (tertiary/aromatic N) is 4. The van der Waals surface area contributed by atoms with Crippen molar-refractivity contribution in [1.29, 1.82) is 5.26 Å². The minimum atomic E-state index is -0.664. The maximum atomic E-state index is 11.9. The van der Waals surface area contributed by atoms with Crippen molar-refractivity contribution >= 4 is 23.2 Å². The standard InChI is InChI=1S/C23H19N5O3/c1-27(15-29)10-9-23(14-31-23)8-7-16-3-2-4-18(11-16)28-20-6-5-17(13-24)12-19(20)21(26-28)22(25)30/h2-6,11-12,15H,9-10,14H2,1H3,(H2,25,30). The Morgan fingerprint density at radius 3 is 2.84 bits per heavy atom. The number of hydrogen-bond donors (Lipinski definition) is 1. The van der Waals surface area contributed by atoms with Crippen LogP contribution in [0.2, 0.25) is 0 Å². The van der Waals surface area contributed by atoms with E-state index in [2.05, 4.69) is 23.0 Å². The van der Waals surface area contributed by atoms with E-state index in [1.807, 2.05) is 24.3 Å². The van der Waals surface area contributed by atoms with Gasteiger partial charge in [-0.25, -0.2) is 4.68 Å². The highest BCUT2D eigenvalue weighted by molar-refractivity contribution is 6.04. The second-order valence-electron chi connectivity index (χ2n) is 7.39. The van der Waals surface area contributed by atoms with Gasteiger partial charge in [0.05, 0.1) is 29.4 Å². The summed E-state index contributed by atoms with van der Waals surface area (Å²) in [5, 5.41) is 14.1. The molecular weight excluding hydrogens is 394 g/mol. The van der Waals surface area contributed by atoms with E-state index >= 15 is 0 Å². The van der Waals surface area contributed by atoms with E-state index in [4.69, 9.17) is 15.7 Å². The number of amides is 2. The zero-order valence-electron chi connectivity index (χ0n) is 16.8. The zero-order valence-corrected chi connectivity index (χ0v) is 16.8. The summed E-state index contributed by atoms with van der Waals surface area (Å²) in [4.78, 5) is 24.2. The number of carbonyl (C=O) groups excluding carboxylic acids is 2. The summed E-state index contributed by atoms with van der Waals surface area (Å²) in [6, 6.07) is 14.5. The topological polar surface area (TPSA) is 118 Å². The average Bonchev–Trinajstić information content (AvgIpc) is 3.46. The number of epoxide rings is 1. The Balaban J connectivity index is 1.67. The van der Waals surface area contributed by atoms with Gasteiger partial charge in [-0.3, -0.25) is 9.59 Å². The molecule has 1 aromatic heterocycles. The second kappa shape index (κ2) is 7.94. The first-order valence-corrected chi connectivity index (χ1v) is 9.60. The molecule has 0 radical (unpaired) electrons. The quantitative estimate of drug-likeness (QED) is 0.374. The molecule has 2 aromatic carbocycles. The third-order valence-electron chi connectivity index (χ3n) is 5.11. The molecule has 2 amide bonds. The largest absolute Gasteiger partial charge is 0.364 e. The smallest absolute Gasteiger partial charge is 0.269 e. The van der Waals surface area contributed by atoms with E-state index in [0.717, 1.165) is 12.0 Å². The van der Waals surface area contributed by atoms with Gasteiger partial charge >= 0.3 is 0 Å². The van der Waals surface area contributed by atoms with Crippen molar-refractivity contribution in [3.63, 3.8) is 0 Å². The molecule has 154 valence electrons. The molecule has 31 heavy (non-hydrogen) atoms. The number of carbonyl (C=O) groups is 2. The average molecular weight is 413 g/mol. The van der Waals surface area contributed by atoms with Gasteiger partial charge in [-0.15, -0.1) is 0 Å². The molecule has 0 spiro atoms. The molecule has 1 aliphatic rings. The lowest BCUT2D eigenvalue weighted by atomic mass is 10.1. The molecule has 1 aliphatic heterocycles. The van der Waals surface area contributed by atoms with Crippen LogP contribution in [0.15, 0.2) is 42.5 Å². The monoisotopic (exact) mass is 413 g/mol. The molecule has 1 saturated heterocycles. The number of ether oxygens (including phenoxy) is 1. The van der Waals surface area contributed by atoms with Crippen LogP contribution in [0, 0.1) is 23.2 Å². The Bertz CT molecular complexity index is 1290. The number of hydrogen-bond acceptors (Lipinski definition) is 5. The highest BCUT2D eigenvalue weighted by atomic mass is 16.6. The van der Waals surface area contributed by atoms with E-state index in [9.17, 15) is 9.59 Å². The number of primary amides is 1. The van der Waals surface area contributed by atoms with E-state index < -0.39 is 11.5 Å². The lowest BCUT2D eigenvalue weighted by molar-refractivity contribution is -0.117. The first-order valence-electron chi connectivity index (χ1n) is 9.60. The van der Waals surface area contributed by atoms with Crippen molar-refractivity contribution in [2.24, 2.45) is 5.73 Å². The summed E-state index contributed by atoms with van der Waals surface area (Å²) in [5.41, 5.74) is 7.64. The van der Waals surface area contributed by atoms with Crippen LogP contribution in [-0.2, 0) is 9.53 Å². The number of nitrogens with two attached hydrogens (primary N) is 1. The highest BCUT2D eigenvalue weighted by Gasteiger charge is 2.42. The van der Waals surface area contributed by atoms with Crippen LogP contribution in [0.25, 0.3) is 16.6 Å². The molecule has 1 atom stereocenters. The van der Waals surface area contributed by atoms with Gasteiger partial charge in [0.1, 0.15) is 0 Å². The van der Waals surface area contributed by atoms with Gasteiger partial charge in [-0.05, 0) is 36.4 Å². The Labute approximate surface area is 178 Å². The molecule has 1 unspecified atom stereocenters. The molecule has 2 N–H and O–H groups in total. The number of rotatable bonds is 6. The van der Waals surface area contributed by atoms with Crippen molar-refractivity contribution in [1.82, 2.24) is 14.7 Å². The molecule has 0 saturated carbocycles. The maximum Gasteiger partial charge on any atom is 0.269 e. The van der Waals surface area contributed by atoms with Crippen molar-refractivity contribution < 1.29 is 14.3 Å². The fourth-order valence-corrected chi connectivity index (χ4v) is 3.24. The Morgan fingerprint density at radius 2 is 2.16 bits per heavy atom. The SMILES string of the molecule is CN(C=O)CCC1(C#Cc2cccc(-n3nc(C(N)=O)c4cc(C#N)ccc43)c2)CO1. The predicted molar refractivity (Wildman–Crippen MR) is 113 cm³/mol. The molecule has 4 rings (SSSR count). The van der Waals surface area contributed by atoms with Crippen LogP contribution in [0.3, 0.4) is 0 Å². The van der Waals surface area contributed by atoms with Crippen LogP contribution in [0.4, 0.5) is 0 Å². The first kappa shape index (κ1) is 20.1. The molecule has 1 fully saturated rings. The third kappa shape index (κ3) is 4.11. The van der Waals surface area contributed by atoms with Crippen LogP contribution in [-0.4, -0.2) is 52.8 Å². The van der Waals surface area contributed by atoms with Gasteiger partial charge in [-0.1, -0.05) is 17.9 Å². The van der Waals surface area contributed by atoms with Gasteiger partial charge in [0, 0.05) is 31.0 Å². The van der Waals surface area contributed by atoms with Gasteiger partial charge < -0.3 is 15.4 Å². The highest BCUT2D eigenvalue weighted by Crippen LogP contribution is 2.30. The lowest BCUT2D eigenvalue weighted by Crippen LogP contribution is -2.22. The van der Waals surface area contributed by atoms with E-state index in [-0.39, 0.29) is 5.69 Å². The number of nitriles is 1. The third-order valence-corrected chi connectivity index (χ3v) is 5.11. The van der Waals surface area contributed by atoms with E-state index in [0.29, 0.717) is 41.7 Å². The normalized spacial score (nSPS) is 16.8. The van der Waals surface area contributed by atoms with Gasteiger partial charge in [0.15, 0.2) is 11.3 Å². The van der Waals surface area contributed by atoms with Crippen LogP contribution in [0.5, 0.6) is 0 Å². The number of benzene rings is 2. The molecule has 2 heterocycles. The van der Waals surface area contributed by atoms with E-state index in [1.54, 1.807) is 34.8 Å². The second-order valence-corrected chi connectivity index (χ2v) is 7.39. The summed E-state index contributed by atoms with van der Waals surface area (Å²) >= 11 is 0. The van der Waals surface area contributed by atoms with Crippen molar-refractivity contribution in [3.8, 4) is 23.6 Å². The molecule has 0 bridgehead atoms. The summed E-state index contributed by atoms with van der Waals surface area (Å²) in [6.45, 7) is 1.11. The minimum absolute atomic E-state index is 0.105. The molecular formula is C23H19N5O3. The van der Waals surface area contributed by atoms with Crippen LogP contribution < -0.4 is 5.73 Å². The fraction of sp³-hybridized carbons (Fsp3) is 0.217. The fourth-order valence-electron chi connectivity index (χ4n) is 3.24. The Kier molecular flexibility index (Phi) is 5.16. The van der Waals surface area contributed by atoms with Gasteiger partial charge in [0.2, 0.25) is 6.41 Å². The van der Waals surface area contributed by atoms with Crippen molar-refractivity contribution in [2.45, 2.75) is 12.0 Å². The van der Waals surface area contributed by atoms with Crippen LogP contribution >= 0.6 is 0 Å². The minimum Gasteiger partial charge on any atom is -0.364 e. The Hall–Kier alpha value is -4.14. The predicted octanol–water partition coefficient (Wildman–Crippen LogP) is 1.59. The van der Waals surface area contributed by atoms with Crippen molar-refractivity contribution in [2.75, 3.05) is 20.2 Å². The summed E-state index contributed by atoms with van der Waals surface area (Å²) in [5.74, 6) is 5.64. The van der Waals surface area contributed by atoms with Crippen LogP contribution in [0.1, 0.15) is 28.0 Å². The van der Waals surface area contributed by atoms with Gasteiger partial charge in [0.25, 0.3) is 5.91 Å². The maximum absolute atomic E-state index is 11.9. The molecule has 0 aliphatic carbocycles. The Morgan fingerprint density at radius 1 is 1.35 bits per heavy atom. The van der Waals surface area contributed by atoms with Crippen molar-refractivity contribution in [3.05, 3.63) is 59.3 Å². The zero-order chi connectivity index (χ0) is 22.0. The number of fused-ring (bicyclic) bond motifs is 1. The lowest BCUT2D eigenvalue weighted by Gasteiger charge is -2.11. The first-order chi connectivity index (χ1) is 14.9.